The van der Waals surface area contributed by atoms with E-state index in [4.69, 9.17) is 0 Å². The molecule has 0 saturated carbocycles. The van der Waals surface area contributed by atoms with Crippen LogP contribution in [0.25, 0.3) is 0 Å². The van der Waals surface area contributed by atoms with Crippen molar-refractivity contribution >= 4 is 11.6 Å². The van der Waals surface area contributed by atoms with Crippen molar-refractivity contribution in [1.82, 2.24) is 0 Å². The molecule has 0 radical (unpaired) electrons. The van der Waals surface area contributed by atoms with E-state index in [2.05, 4.69) is 52.8 Å². The molecule has 122 valence electrons. The molecule has 0 unspecified atom stereocenters. The zero-order chi connectivity index (χ0) is 16.3. The lowest BCUT2D eigenvalue weighted by molar-refractivity contribution is -0.898. The smallest absolute Gasteiger partial charge is 0.282 e. The van der Waals surface area contributed by atoms with Gasteiger partial charge in [-0.15, -0.1) is 0 Å². The summed E-state index contributed by atoms with van der Waals surface area (Å²) in [6.07, 6.45) is 0.978. The third kappa shape index (κ3) is 4.10. The summed E-state index contributed by atoms with van der Waals surface area (Å²) in [5.74, 6) is 1.50. The highest BCUT2D eigenvalue weighted by Crippen LogP contribution is 2.31. The Morgan fingerprint density at radius 2 is 1.77 bits per heavy atom. The molecule has 1 heterocycles. The molecule has 1 amide bonds. The average Bonchev–Trinajstić information content (AvgIpc) is 2.72. The zero-order valence-corrected chi connectivity index (χ0v) is 14.7. The van der Waals surface area contributed by atoms with E-state index < -0.39 is 0 Å². The van der Waals surface area contributed by atoms with Crippen LogP contribution in [0.3, 0.4) is 0 Å². The van der Waals surface area contributed by atoms with Gasteiger partial charge in [0.25, 0.3) is 5.91 Å². The number of carbonyl (C=O) groups excluding carboxylic acids is 1. The van der Waals surface area contributed by atoms with E-state index in [9.17, 15) is 4.79 Å². The van der Waals surface area contributed by atoms with E-state index in [0.29, 0.717) is 18.4 Å². The minimum atomic E-state index is 0.272. The third-order valence-corrected chi connectivity index (χ3v) is 4.27. The van der Waals surface area contributed by atoms with E-state index in [-0.39, 0.29) is 11.9 Å². The molecule has 3 heteroatoms. The predicted molar refractivity (Wildman–Crippen MR) is 92.3 cm³/mol. The number of benzene rings is 1. The van der Waals surface area contributed by atoms with Crippen LogP contribution in [0.5, 0.6) is 0 Å². The lowest BCUT2D eigenvalue weighted by atomic mass is 10.1. The highest BCUT2D eigenvalue weighted by molar-refractivity contribution is 5.96. The first-order chi connectivity index (χ1) is 10.4. The Morgan fingerprint density at radius 1 is 1.18 bits per heavy atom. The van der Waals surface area contributed by atoms with E-state index in [1.54, 1.807) is 0 Å². The van der Waals surface area contributed by atoms with E-state index in [0.717, 1.165) is 25.2 Å². The van der Waals surface area contributed by atoms with Crippen molar-refractivity contribution in [2.45, 2.75) is 47.1 Å². The van der Waals surface area contributed by atoms with Crippen LogP contribution in [0.2, 0.25) is 0 Å². The molecular weight excluding hydrogens is 272 g/mol. The molecule has 1 aliphatic rings. The predicted octanol–water partition coefficient (Wildman–Crippen LogP) is 2.16. The SMILES string of the molecule is CC(C)C[NH+](CC(=O)N1c2ccccc2C[C@H]1C)CC(C)C. The van der Waals surface area contributed by atoms with Gasteiger partial charge in [0.15, 0.2) is 6.54 Å². The molecule has 0 saturated heterocycles. The van der Waals surface area contributed by atoms with Gasteiger partial charge in [0.05, 0.1) is 13.1 Å². The summed E-state index contributed by atoms with van der Waals surface area (Å²) < 4.78 is 0. The van der Waals surface area contributed by atoms with Crippen molar-refractivity contribution in [3.8, 4) is 0 Å². The van der Waals surface area contributed by atoms with Crippen LogP contribution < -0.4 is 9.80 Å². The summed E-state index contributed by atoms with van der Waals surface area (Å²) in [6, 6.07) is 8.61. The number of anilines is 1. The molecule has 1 atom stereocenters. The van der Waals surface area contributed by atoms with Gasteiger partial charge in [0, 0.05) is 23.6 Å². The van der Waals surface area contributed by atoms with Crippen LogP contribution in [0.1, 0.15) is 40.2 Å². The maximum atomic E-state index is 12.9. The summed E-state index contributed by atoms with van der Waals surface area (Å²) in [4.78, 5) is 16.3. The first-order valence-corrected chi connectivity index (χ1v) is 8.62. The van der Waals surface area contributed by atoms with E-state index in [1.807, 2.05) is 11.0 Å². The van der Waals surface area contributed by atoms with Gasteiger partial charge in [-0.2, -0.15) is 0 Å². The number of rotatable bonds is 6. The molecule has 0 bridgehead atoms. The van der Waals surface area contributed by atoms with Crippen molar-refractivity contribution < 1.29 is 9.69 Å². The maximum absolute atomic E-state index is 12.9. The number of hydrogen-bond acceptors (Lipinski definition) is 1. The molecule has 0 aliphatic carbocycles. The summed E-state index contributed by atoms with van der Waals surface area (Å²) in [7, 11) is 0. The Bertz CT molecular complexity index is 500. The monoisotopic (exact) mass is 303 g/mol. The summed E-state index contributed by atoms with van der Waals surface area (Å²) >= 11 is 0. The van der Waals surface area contributed by atoms with Crippen molar-refractivity contribution in [2.24, 2.45) is 11.8 Å². The van der Waals surface area contributed by atoms with Crippen LogP contribution in [0, 0.1) is 11.8 Å². The molecular formula is C19H31N2O+. The molecule has 3 nitrogen and oxygen atoms in total. The van der Waals surface area contributed by atoms with Crippen molar-refractivity contribution in [3.05, 3.63) is 29.8 Å². The Hall–Kier alpha value is -1.35. The van der Waals surface area contributed by atoms with Crippen LogP contribution in [0.15, 0.2) is 24.3 Å². The second kappa shape index (κ2) is 7.28. The molecule has 0 fully saturated rings. The first-order valence-electron chi connectivity index (χ1n) is 8.62. The molecule has 22 heavy (non-hydrogen) atoms. The standard InChI is InChI=1S/C19H30N2O/c1-14(2)11-20(12-15(3)4)13-19(22)21-16(5)10-17-8-6-7-9-18(17)21/h6-9,14-16H,10-13H2,1-5H3/p+1/t16-/m1/s1. The van der Waals surface area contributed by atoms with Gasteiger partial charge in [0.1, 0.15) is 0 Å². The summed E-state index contributed by atoms with van der Waals surface area (Å²) in [5.41, 5.74) is 2.42. The molecule has 2 rings (SSSR count). The van der Waals surface area contributed by atoms with Crippen LogP contribution >= 0.6 is 0 Å². The van der Waals surface area contributed by atoms with E-state index >= 15 is 0 Å². The van der Waals surface area contributed by atoms with Gasteiger partial charge in [-0.05, 0) is 25.0 Å². The van der Waals surface area contributed by atoms with Gasteiger partial charge in [-0.1, -0.05) is 45.9 Å². The fraction of sp³-hybridized carbons (Fsp3) is 0.632. The minimum Gasteiger partial charge on any atom is -0.327 e. The van der Waals surface area contributed by atoms with Gasteiger partial charge >= 0.3 is 0 Å². The van der Waals surface area contributed by atoms with Gasteiger partial charge in [-0.25, -0.2) is 0 Å². The topological polar surface area (TPSA) is 24.8 Å². The Morgan fingerprint density at radius 3 is 2.36 bits per heavy atom. The maximum Gasteiger partial charge on any atom is 0.282 e. The number of carbonyl (C=O) groups is 1. The minimum absolute atomic E-state index is 0.272. The molecule has 0 spiro atoms. The fourth-order valence-electron chi connectivity index (χ4n) is 3.63. The average molecular weight is 303 g/mol. The van der Waals surface area contributed by atoms with Gasteiger partial charge in [-0.3, -0.25) is 4.79 Å². The quantitative estimate of drug-likeness (QED) is 0.856. The number of nitrogens with one attached hydrogen (secondary N) is 1. The van der Waals surface area contributed by atoms with Crippen LogP contribution in [0.4, 0.5) is 5.69 Å². The Kier molecular flexibility index (Phi) is 5.63. The Labute approximate surface area is 135 Å². The number of amides is 1. The second-order valence-electron chi connectivity index (χ2n) is 7.57. The number of nitrogens with zero attached hydrogens (tertiary/aromatic N) is 1. The fourth-order valence-corrected chi connectivity index (χ4v) is 3.63. The van der Waals surface area contributed by atoms with Crippen LogP contribution in [-0.2, 0) is 11.2 Å². The molecule has 0 aromatic heterocycles. The lowest BCUT2D eigenvalue weighted by Crippen LogP contribution is -3.14. The van der Waals surface area contributed by atoms with Gasteiger partial charge < -0.3 is 9.80 Å². The van der Waals surface area contributed by atoms with E-state index in [1.165, 1.54) is 10.5 Å². The molecule has 1 aliphatic heterocycles. The highest BCUT2D eigenvalue weighted by atomic mass is 16.2. The lowest BCUT2D eigenvalue weighted by Gasteiger charge is -2.27. The first kappa shape index (κ1) is 17.0. The summed E-state index contributed by atoms with van der Waals surface area (Å²) in [5, 5.41) is 0. The van der Waals surface area contributed by atoms with Gasteiger partial charge in [0.2, 0.25) is 0 Å². The van der Waals surface area contributed by atoms with Crippen molar-refractivity contribution in [1.29, 1.82) is 0 Å². The molecule has 1 N–H and O–H groups in total. The van der Waals surface area contributed by atoms with Crippen molar-refractivity contribution in [2.75, 3.05) is 24.5 Å². The highest BCUT2D eigenvalue weighted by Gasteiger charge is 2.32. The number of fused-ring (bicyclic) bond motifs is 1. The number of para-hydroxylation sites is 1. The largest absolute Gasteiger partial charge is 0.327 e. The summed E-state index contributed by atoms with van der Waals surface area (Å²) in [6.45, 7) is 13.8. The molecule has 1 aromatic carbocycles. The number of hydrogen-bond donors (Lipinski definition) is 1. The van der Waals surface area contributed by atoms with Crippen LogP contribution in [-0.4, -0.2) is 31.6 Å². The number of quaternary nitrogens is 1. The normalized spacial score (nSPS) is 17.6. The second-order valence-corrected chi connectivity index (χ2v) is 7.57. The Balaban J connectivity index is 2.09. The third-order valence-electron chi connectivity index (χ3n) is 4.27. The zero-order valence-electron chi connectivity index (χ0n) is 14.7. The molecule has 1 aromatic rings. The van der Waals surface area contributed by atoms with Crippen molar-refractivity contribution in [3.63, 3.8) is 0 Å².